The second-order valence-corrected chi connectivity index (χ2v) is 3.71. The summed E-state index contributed by atoms with van der Waals surface area (Å²) < 4.78 is 7.30. The van der Waals surface area contributed by atoms with Crippen molar-refractivity contribution in [3.8, 4) is 0 Å². The molecule has 1 rings (SSSR count). The topological polar surface area (TPSA) is 41.6 Å². The van der Waals surface area contributed by atoms with Gasteiger partial charge in [-0.2, -0.15) is 0 Å². The van der Waals surface area contributed by atoms with Gasteiger partial charge in [0.2, 0.25) is 5.91 Å². The normalized spacial score (nSPS) is 26.5. The third-order valence-corrected chi connectivity index (χ3v) is 2.43. The third kappa shape index (κ3) is 2.57. The Morgan fingerprint density at radius 2 is 2.55 bits per heavy atom. The van der Waals surface area contributed by atoms with Gasteiger partial charge in [-0.1, -0.05) is 0 Å². The van der Waals surface area contributed by atoms with Gasteiger partial charge in [-0.05, 0) is 0 Å². The number of carbonyl (C=O) groups is 1. The molecule has 0 aromatic rings. The van der Waals surface area contributed by atoms with Crippen molar-refractivity contribution in [1.29, 1.82) is 0 Å². The molecule has 0 bridgehead atoms. The molecule has 0 aliphatic carbocycles. The van der Waals surface area contributed by atoms with Gasteiger partial charge in [-0.15, -0.1) is 0 Å². The minimum absolute atomic E-state index is 0.0358. The number of amides is 1. The van der Waals surface area contributed by atoms with E-state index in [9.17, 15) is 4.79 Å². The fourth-order valence-electron chi connectivity index (χ4n) is 0.938. The molecule has 0 spiro atoms. The fourth-order valence-corrected chi connectivity index (χ4v) is 1.49. The Balaban J connectivity index is 2.39. The van der Waals surface area contributed by atoms with E-state index in [1.807, 2.05) is 0 Å². The Kier molecular flexibility index (Phi) is 3.53. The summed E-state index contributed by atoms with van der Waals surface area (Å²) in [6.45, 7) is 2.22. The molecule has 0 unspecified atom stereocenters. The second kappa shape index (κ2) is 4.22. The van der Waals surface area contributed by atoms with Gasteiger partial charge in [0.1, 0.15) is 6.10 Å². The van der Waals surface area contributed by atoms with Crippen molar-refractivity contribution in [3.63, 3.8) is 0 Å². The number of nitrogens with one attached hydrogen (secondary N) is 1. The zero-order valence-electron chi connectivity index (χ0n) is 6.34. The van der Waals surface area contributed by atoms with Gasteiger partial charge in [0.25, 0.3) is 0 Å². The summed E-state index contributed by atoms with van der Waals surface area (Å²) in [5.41, 5.74) is 0. The zero-order chi connectivity index (χ0) is 8.27. The summed E-state index contributed by atoms with van der Waals surface area (Å²) in [7, 11) is 1.62. The molecule has 1 aliphatic heterocycles. The van der Waals surface area contributed by atoms with E-state index in [2.05, 4.69) is 31.3 Å². The highest BCUT2D eigenvalue weighted by Gasteiger charge is 2.24. The van der Waals surface area contributed by atoms with Crippen molar-refractivity contribution >= 4 is 28.8 Å². The van der Waals surface area contributed by atoms with Crippen LogP contribution in [0.2, 0.25) is 0 Å². The first-order chi connectivity index (χ1) is 5.24. The largest absolute Gasteiger partial charge is 0.366 e. The van der Waals surface area contributed by atoms with Gasteiger partial charge >= 0.3 is 0 Å². The molecule has 1 saturated heterocycles. The maximum atomic E-state index is 11.0. The molecule has 0 saturated carbocycles. The van der Waals surface area contributed by atoms with Gasteiger partial charge in [0.05, 0.1) is 6.61 Å². The Labute approximate surface area is 79.8 Å². The maximum absolute atomic E-state index is 11.0. The van der Waals surface area contributed by atoms with Crippen molar-refractivity contribution in [2.45, 2.75) is 6.10 Å². The Morgan fingerprint density at radius 1 is 1.82 bits per heavy atom. The van der Waals surface area contributed by atoms with Crippen LogP contribution in [0.25, 0.3) is 0 Å². The van der Waals surface area contributed by atoms with Crippen LogP contribution in [0.15, 0.2) is 0 Å². The summed E-state index contributed by atoms with van der Waals surface area (Å²) in [4.78, 5) is 11.0. The quantitative estimate of drug-likeness (QED) is 0.529. The first kappa shape index (κ1) is 9.21. The second-order valence-electron chi connectivity index (χ2n) is 2.34. The monoisotopic (exact) mass is 270 g/mol. The minimum Gasteiger partial charge on any atom is -0.366 e. The highest BCUT2D eigenvalue weighted by atomic mass is 127. The molecule has 1 aliphatic rings. The maximum Gasteiger partial charge on any atom is 0.250 e. The molecular formula is C6H11IN2O2. The lowest BCUT2D eigenvalue weighted by Crippen LogP contribution is -2.45. The van der Waals surface area contributed by atoms with Crippen LogP contribution in [-0.4, -0.2) is 41.9 Å². The van der Waals surface area contributed by atoms with Gasteiger partial charge in [0.15, 0.2) is 0 Å². The highest BCUT2D eigenvalue weighted by molar-refractivity contribution is 14.1. The van der Waals surface area contributed by atoms with E-state index in [1.165, 1.54) is 0 Å². The summed E-state index contributed by atoms with van der Waals surface area (Å²) >= 11 is 2.19. The number of hydrogen-bond acceptors (Lipinski definition) is 3. The zero-order valence-corrected chi connectivity index (χ0v) is 8.50. The third-order valence-electron chi connectivity index (χ3n) is 1.56. The van der Waals surface area contributed by atoms with Gasteiger partial charge in [0, 0.05) is 43.0 Å². The van der Waals surface area contributed by atoms with Crippen LogP contribution in [-0.2, 0) is 9.53 Å². The SMILES string of the molecule is CNC(=O)[C@H]1CN(I)CCO1. The molecule has 0 aromatic heterocycles. The summed E-state index contributed by atoms with van der Waals surface area (Å²) in [5, 5.41) is 2.56. The number of morpholine rings is 1. The Hall–Kier alpha value is 0.120. The molecule has 0 aromatic carbocycles. The number of rotatable bonds is 1. The summed E-state index contributed by atoms with van der Waals surface area (Å²) in [6.07, 6.45) is -0.286. The molecule has 11 heavy (non-hydrogen) atoms. The molecule has 1 fully saturated rings. The number of carbonyl (C=O) groups excluding carboxylic acids is 1. The number of halogens is 1. The van der Waals surface area contributed by atoms with Crippen LogP contribution >= 0.6 is 22.9 Å². The average molecular weight is 270 g/mol. The predicted octanol–water partition coefficient (Wildman–Crippen LogP) is -0.217. The number of hydrogen-bond donors (Lipinski definition) is 1. The van der Waals surface area contributed by atoms with E-state index >= 15 is 0 Å². The van der Waals surface area contributed by atoms with E-state index in [1.54, 1.807) is 7.05 Å². The van der Waals surface area contributed by atoms with Gasteiger partial charge < -0.3 is 10.1 Å². The van der Waals surface area contributed by atoms with Crippen LogP contribution in [0.3, 0.4) is 0 Å². The molecule has 1 atom stereocenters. The molecule has 4 nitrogen and oxygen atoms in total. The molecule has 5 heteroatoms. The Bertz CT molecular complexity index is 154. The first-order valence-corrected chi connectivity index (χ1v) is 4.44. The summed E-state index contributed by atoms with van der Waals surface area (Å²) in [5.74, 6) is -0.0358. The van der Waals surface area contributed by atoms with Crippen molar-refractivity contribution in [2.24, 2.45) is 0 Å². The number of ether oxygens (including phenoxy) is 1. The Morgan fingerprint density at radius 3 is 3.09 bits per heavy atom. The lowest BCUT2D eigenvalue weighted by atomic mass is 10.3. The highest BCUT2D eigenvalue weighted by Crippen LogP contribution is 2.08. The van der Waals surface area contributed by atoms with Crippen LogP contribution < -0.4 is 5.32 Å². The van der Waals surface area contributed by atoms with E-state index in [0.717, 1.165) is 6.54 Å². The standard InChI is InChI=1S/C6H11IN2O2/c1-8-6(10)5-4-9(7)2-3-11-5/h5H,2-4H2,1H3,(H,8,10)/t5-/m1/s1. The van der Waals surface area contributed by atoms with Gasteiger partial charge in [-0.3, -0.25) is 4.79 Å². The van der Waals surface area contributed by atoms with Crippen molar-refractivity contribution in [1.82, 2.24) is 8.43 Å². The van der Waals surface area contributed by atoms with E-state index in [4.69, 9.17) is 4.74 Å². The molecule has 1 amide bonds. The number of likely N-dealkylation sites (N-methyl/N-ethyl adjacent to an activating group) is 1. The predicted molar refractivity (Wildman–Crippen MR) is 49.4 cm³/mol. The van der Waals surface area contributed by atoms with Crippen LogP contribution in [0.1, 0.15) is 0 Å². The number of nitrogens with zero attached hydrogens (tertiary/aromatic N) is 1. The van der Waals surface area contributed by atoms with E-state index in [0.29, 0.717) is 13.2 Å². The molecule has 1 N–H and O–H groups in total. The molecule has 64 valence electrons. The van der Waals surface area contributed by atoms with E-state index in [-0.39, 0.29) is 12.0 Å². The average Bonchev–Trinajstić information content (AvgIpc) is 2.03. The van der Waals surface area contributed by atoms with Crippen LogP contribution in [0, 0.1) is 0 Å². The minimum atomic E-state index is -0.286. The lowest BCUT2D eigenvalue weighted by molar-refractivity contribution is -0.135. The lowest BCUT2D eigenvalue weighted by Gasteiger charge is -2.26. The van der Waals surface area contributed by atoms with Crippen molar-refractivity contribution < 1.29 is 9.53 Å². The van der Waals surface area contributed by atoms with Crippen LogP contribution in [0.5, 0.6) is 0 Å². The molecule has 1 heterocycles. The smallest absolute Gasteiger partial charge is 0.250 e. The molecular weight excluding hydrogens is 259 g/mol. The van der Waals surface area contributed by atoms with Crippen LogP contribution in [0.4, 0.5) is 0 Å². The molecule has 0 radical (unpaired) electrons. The first-order valence-electron chi connectivity index (χ1n) is 3.48. The van der Waals surface area contributed by atoms with Crippen molar-refractivity contribution in [2.75, 3.05) is 26.7 Å². The van der Waals surface area contributed by atoms with Gasteiger partial charge in [-0.25, -0.2) is 3.11 Å². The van der Waals surface area contributed by atoms with E-state index < -0.39 is 0 Å². The summed E-state index contributed by atoms with van der Waals surface area (Å²) in [6, 6.07) is 0. The fraction of sp³-hybridized carbons (Fsp3) is 0.833. The van der Waals surface area contributed by atoms with Crippen molar-refractivity contribution in [3.05, 3.63) is 0 Å².